The Morgan fingerprint density at radius 3 is 2.36 bits per heavy atom. The fraction of sp³-hybridized carbons (Fsp3) is 0.526. The molecule has 2 rings (SSSR count). The van der Waals surface area contributed by atoms with E-state index in [1.807, 2.05) is 12.1 Å². The fourth-order valence-corrected chi connectivity index (χ4v) is 2.51. The number of nitrogens with zero attached hydrogens (tertiary/aromatic N) is 1. The van der Waals surface area contributed by atoms with Gasteiger partial charge in [-0.2, -0.15) is 0 Å². The predicted molar refractivity (Wildman–Crippen MR) is 93.4 cm³/mol. The van der Waals surface area contributed by atoms with Crippen LogP contribution < -0.4 is 10.5 Å². The third kappa shape index (κ3) is 4.20. The molecule has 0 aliphatic carbocycles. The van der Waals surface area contributed by atoms with Crippen LogP contribution in [0.5, 0.6) is 5.75 Å². The number of aromatic nitrogens is 1. The van der Waals surface area contributed by atoms with Gasteiger partial charge in [-0.15, -0.1) is 0 Å². The molecule has 0 saturated heterocycles. The van der Waals surface area contributed by atoms with E-state index >= 15 is 0 Å². The molecule has 1 aromatic heterocycles. The summed E-state index contributed by atoms with van der Waals surface area (Å²) in [6.07, 6.45) is 0.889. The molecular formula is C19H28N2O. The van der Waals surface area contributed by atoms with E-state index < -0.39 is 0 Å². The van der Waals surface area contributed by atoms with Gasteiger partial charge in [-0.3, -0.25) is 4.98 Å². The molecular weight excluding hydrogens is 272 g/mol. The number of benzene rings is 1. The number of rotatable bonds is 4. The van der Waals surface area contributed by atoms with Gasteiger partial charge in [0.25, 0.3) is 0 Å². The minimum absolute atomic E-state index is 0.0718. The van der Waals surface area contributed by atoms with Crippen LogP contribution in [-0.2, 0) is 6.42 Å². The van der Waals surface area contributed by atoms with Crippen LogP contribution in [0.4, 0.5) is 0 Å². The zero-order chi connectivity index (χ0) is 16.5. The Bertz CT molecular complexity index is 669. The van der Waals surface area contributed by atoms with Gasteiger partial charge in [-0.05, 0) is 75.9 Å². The molecule has 0 amide bonds. The fourth-order valence-electron chi connectivity index (χ4n) is 2.51. The van der Waals surface area contributed by atoms with Gasteiger partial charge < -0.3 is 10.5 Å². The summed E-state index contributed by atoms with van der Waals surface area (Å²) in [5, 5.41) is 1.15. The molecule has 22 heavy (non-hydrogen) atoms. The van der Waals surface area contributed by atoms with Crippen molar-refractivity contribution in [3.05, 3.63) is 35.5 Å². The maximum atomic E-state index is 5.95. The molecule has 2 N–H and O–H groups in total. The second-order valence-corrected chi connectivity index (χ2v) is 7.87. The van der Waals surface area contributed by atoms with Crippen molar-refractivity contribution in [3.63, 3.8) is 0 Å². The number of nitrogens with two attached hydrogens (primary N) is 1. The van der Waals surface area contributed by atoms with Crippen LogP contribution in [0.1, 0.15) is 45.9 Å². The number of ether oxygens (including phenoxy) is 1. The van der Waals surface area contributed by atoms with Crippen molar-refractivity contribution >= 4 is 10.9 Å². The lowest BCUT2D eigenvalue weighted by molar-refractivity contribution is 0.131. The first-order valence-electron chi connectivity index (χ1n) is 7.89. The predicted octanol–water partition coefficient (Wildman–Crippen LogP) is 4.25. The number of pyridine rings is 1. The number of fused-ring (bicyclic) bond motifs is 1. The average Bonchev–Trinajstić information content (AvgIpc) is 2.37. The van der Waals surface area contributed by atoms with E-state index in [0.29, 0.717) is 6.54 Å². The van der Waals surface area contributed by atoms with Crippen molar-refractivity contribution in [1.82, 2.24) is 4.98 Å². The van der Waals surface area contributed by atoms with Crippen LogP contribution in [0, 0.1) is 12.3 Å². The summed E-state index contributed by atoms with van der Waals surface area (Å²) in [5.74, 6) is 0.889. The largest absolute Gasteiger partial charge is 0.488 e. The molecule has 3 heteroatoms. The highest BCUT2D eigenvalue weighted by Crippen LogP contribution is 2.27. The van der Waals surface area contributed by atoms with E-state index in [1.165, 1.54) is 5.56 Å². The number of hydrogen-bond donors (Lipinski definition) is 1. The van der Waals surface area contributed by atoms with Crippen LogP contribution in [0.25, 0.3) is 10.9 Å². The smallest absolute Gasteiger partial charge is 0.120 e. The molecule has 0 aliphatic rings. The van der Waals surface area contributed by atoms with Gasteiger partial charge in [-0.1, -0.05) is 13.8 Å². The van der Waals surface area contributed by atoms with E-state index in [9.17, 15) is 0 Å². The van der Waals surface area contributed by atoms with Gasteiger partial charge in [0, 0.05) is 11.1 Å². The first kappa shape index (κ1) is 16.8. The minimum atomic E-state index is -0.194. The van der Waals surface area contributed by atoms with Gasteiger partial charge in [0.2, 0.25) is 0 Å². The maximum Gasteiger partial charge on any atom is 0.120 e. The van der Waals surface area contributed by atoms with Gasteiger partial charge >= 0.3 is 0 Å². The standard InChI is InChI=1S/C19H28N2O/c1-13-9-14(11-19(5,6)12-20)21-17-8-7-15(10-16(13)17)22-18(2,3)4/h7-10H,11-12,20H2,1-6H3. The Labute approximate surface area is 133 Å². The summed E-state index contributed by atoms with van der Waals surface area (Å²) in [6, 6.07) is 8.29. The van der Waals surface area contributed by atoms with Crippen LogP contribution in [0.3, 0.4) is 0 Å². The zero-order valence-corrected chi connectivity index (χ0v) is 14.7. The molecule has 2 aromatic rings. The van der Waals surface area contributed by atoms with Crippen LogP contribution in [0.15, 0.2) is 24.3 Å². The lowest BCUT2D eigenvalue weighted by Gasteiger charge is -2.23. The molecule has 0 atom stereocenters. The highest BCUT2D eigenvalue weighted by Gasteiger charge is 2.18. The molecule has 3 nitrogen and oxygen atoms in total. The summed E-state index contributed by atoms with van der Waals surface area (Å²) >= 11 is 0. The molecule has 0 spiro atoms. The number of aryl methyl sites for hydroxylation is 1. The third-order valence-corrected chi connectivity index (χ3v) is 3.68. The van der Waals surface area contributed by atoms with E-state index in [0.717, 1.165) is 28.8 Å². The van der Waals surface area contributed by atoms with E-state index in [4.69, 9.17) is 15.5 Å². The molecule has 0 unspecified atom stereocenters. The third-order valence-electron chi connectivity index (χ3n) is 3.68. The molecule has 0 fully saturated rings. The monoisotopic (exact) mass is 300 g/mol. The van der Waals surface area contributed by atoms with Crippen molar-refractivity contribution in [2.75, 3.05) is 6.54 Å². The Hall–Kier alpha value is -1.61. The molecule has 1 heterocycles. The Balaban J connectivity index is 2.39. The zero-order valence-electron chi connectivity index (χ0n) is 14.7. The summed E-state index contributed by atoms with van der Waals surface area (Å²) in [6.45, 7) is 13.3. The molecule has 0 bridgehead atoms. The quantitative estimate of drug-likeness (QED) is 0.918. The van der Waals surface area contributed by atoms with Crippen LogP contribution >= 0.6 is 0 Å². The molecule has 1 aromatic carbocycles. The van der Waals surface area contributed by atoms with Crippen molar-refractivity contribution in [3.8, 4) is 5.75 Å². The highest BCUT2D eigenvalue weighted by atomic mass is 16.5. The van der Waals surface area contributed by atoms with Crippen molar-refractivity contribution in [1.29, 1.82) is 0 Å². The van der Waals surface area contributed by atoms with Gasteiger partial charge in [0.05, 0.1) is 5.52 Å². The second-order valence-electron chi connectivity index (χ2n) is 7.87. The normalized spacial score (nSPS) is 12.7. The van der Waals surface area contributed by atoms with Crippen LogP contribution in [0.2, 0.25) is 0 Å². The van der Waals surface area contributed by atoms with Crippen LogP contribution in [-0.4, -0.2) is 17.1 Å². The van der Waals surface area contributed by atoms with Crippen molar-refractivity contribution in [2.24, 2.45) is 11.1 Å². The molecule has 0 aliphatic heterocycles. The van der Waals surface area contributed by atoms with Gasteiger partial charge in [0.1, 0.15) is 11.4 Å². The van der Waals surface area contributed by atoms with E-state index in [2.05, 4.69) is 53.7 Å². The lowest BCUT2D eigenvalue weighted by atomic mass is 9.87. The van der Waals surface area contributed by atoms with Crippen molar-refractivity contribution in [2.45, 2.75) is 53.6 Å². The SMILES string of the molecule is Cc1cc(CC(C)(C)CN)nc2ccc(OC(C)(C)C)cc12. The lowest BCUT2D eigenvalue weighted by Crippen LogP contribution is -2.26. The topological polar surface area (TPSA) is 48.1 Å². The summed E-state index contributed by atoms with van der Waals surface area (Å²) in [7, 11) is 0. The van der Waals surface area contributed by atoms with Gasteiger partial charge in [0.15, 0.2) is 0 Å². The Morgan fingerprint density at radius 2 is 1.77 bits per heavy atom. The maximum absolute atomic E-state index is 5.95. The molecule has 0 saturated carbocycles. The highest BCUT2D eigenvalue weighted by molar-refractivity contribution is 5.83. The summed E-state index contributed by atoms with van der Waals surface area (Å²) in [4.78, 5) is 4.80. The second kappa shape index (κ2) is 5.88. The average molecular weight is 300 g/mol. The van der Waals surface area contributed by atoms with Crippen molar-refractivity contribution < 1.29 is 4.74 Å². The number of hydrogen-bond acceptors (Lipinski definition) is 3. The first-order valence-corrected chi connectivity index (χ1v) is 7.89. The first-order chi connectivity index (χ1) is 10.1. The molecule has 0 radical (unpaired) electrons. The minimum Gasteiger partial charge on any atom is -0.488 e. The summed E-state index contributed by atoms with van der Waals surface area (Å²) < 4.78 is 5.95. The van der Waals surface area contributed by atoms with E-state index in [-0.39, 0.29) is 11.0 Å². The van der Waals surface area contributed by atoms with E-state index in [1.54, 1.807) is 0 Å². The Kier molecular flexibility index (Phi) is 4.48. The Morgan fingerprint density at radius 1 is 1.09 bits per heavy atom. The van der Waals surface area contributed by atoms with Gasteiger partial charge in [-0.25, -0.2) is 0 Å². The molecule has 120 valence electrons. The summed E-state index contributed by atoms with van der Waals surface area (Å²) in [5.41, 5.74) is 9.06.